The molecule has 1 aromatic rings. The van der Waals surface area contributed by atoms with Gasteiger partial charge in [0.15, 0.2) is 12.6 Å². The summed E-state index contributed by atoms with van der Waals surface area (Å²) in [5, 5.41) is 3.09. The van der Waals surface area contributed by atoms with Gasteiger partial charge in [0.25, 0.3) is 0 Å². The van der Waals surface area contributed by atoms with E-state index in [-0.39, 0.29) is 0 Å². The van der Waals surface area contributed by atoms with Crippen LogP contribution in [0.1, 0.15) is 54.0 Å². The van der Waals surface area contributed by atoms with Gasteiger partial charge in [-0.25, -0.2) is 0 Å². The Morgan fingerprint density at radius 1 is 1.08 bits per heavy atom. The molecule has 0 saturated carbocycles. The van der Waals surface area contributed by atoms with Crippen molar-refractivity contribution in [3.8, 4) is 0 Å². The smallest absolute Gasteiger partial charge is 0.400 e. The zero-order valence-electron chi connectivity index (χ0n) is 14.9. The van der Waals surface area contributed by atoms with E-state index in [0.29, 0.717) is 23.2 Å². The molecular weight excluding hydrogens is 305 g/mol. The first kappa shape index (κ1) is 18.6. The molecule has 0 aliphatic carbocycles. The van der Waals surface area contributed by atoms with Gasteiger partial charge in [-0.2, -0.15) is 0 Å². The number of hydrogen-bond donors (Lipinski definition) is 1. The lowest BCUT2D eigenvalue weighted by atomic mass is 9.76. The van der Waals surface area contributed by atoms with E-state index in [1.54, 1.807) is 18.2 Å². The maximum Gasteiger partial charge on any atom is 0.491 e. The van der Waals surface area contributed by atoms with Crippen LogP contribution in [0, 0.1) is 0 Å². The fourth-order valence-corrected chi connectivity index (χ4v) is 2.56. The molecule has 0 aromatic heterocycles. The predicted molar refractivity (Wildman–Crippen MR) is 95.2 cm³/mol. The van der Waals surface area contributed by atoms with Crippen molar-refractivity contribution in [1.82, 2.24) is 5.32 Å². The third kappa shape index (κ3) is 3.51. The summed E-state index contributed by atoms with van der Waals surface area (Å²) in [5.74, 6) is 0. The molecule has 1 heterocycles. The van der Waals surface area contributed by atoms with Crippen LogP contribution in [0.2, 0.25) is 0 Å². The van der Waals surface area contributed by atoms with Crippen molar-refractivity contribution in [2.75, 3.05) is 13.6 Å². The number of aldehydes is 2. The summed E-state index contributed by atoms with van der Waals surface area (Å²) < 4.78 is 12.2. The second-order valence-electron chi connectivity index (χ2n) is 6.92. The van der Waals surface area contributed by atoms with Gasteiger partial charge in [-0.3, -0.25) is 9.59 Å². The molecule has 0 spiro atoms. The van der Waals surface area contributed by atoms with Crippen molar-refractivity contribution in [1.29, 1.82) is 0 Å². The highest BCUT2D eigenvalue weighted by Gasteiger charge is 2.52. The second kappa shape index (κ2) is 7.01. The molecule has 1 N–H and O–H groups in total. The van der Waals surface area contributed by atoms with E-state index in [1.807, 2.05) is 40.8 Å². The molecule has 0 bridgehead atoms. The quantitative estimate of drug-likeness (QED) is 0.642. The molecule has 24 heavy (non-hydrogen) atoms. The first-order chi connectivity index (χ1) is 11.3. The minimum atomic E-state index is -0.540. The summed E-state index contributed by atoms with van der Waals surface area (Å²) in [6.45, 7) is 8.46. The Bertz CT molecular complexity index is 625. The van der Waals surface area contributed by atoms with Crippen LogP contribution in [-0.4, -0.2) is 44.5 Å². The standard InChI is InChI=1S/C18H24BNO4/c1-17(2)18(3,4)24-19(23-17)15(10-20-5)9-16-13(11-21)7-6-8-14(16)12-22/h6-9,11-12,20H,10H2,1-5H3. The fourth-order valence-electron chi connectivity index (χ4n) is 2.56. The number of nitrogens with one attached hydrogen (secondary N) is 1. The summed E-state index contributed by atoms with van der Waals surface area (Å²) >= 11 is 0. The summed E-state index contributed by atoms with van der Waals surface area (Å²) in [5.41, 5.74) is 1.43. The molecule has 2 rings (SSSR count). The highest BCUT2D eigenvalue weighted by molar-refractivity contribution is 6.56. The molecule has 0 atom stereocenters. The molecule has 5 nitrogen and oxygen atoms in total. The van der Waals surface area contributed by atoms with E-state index in [0.717, 1.165) is 18.0 Å². The molecule has 128 valence electrons. The first-order valence-corrected chi connectivity index (χ1v) is 8.00. The van der Waals surface area contributed by atoms with Gasteiger partial charge in [-0.05, 0) is 45.8 Å². The summed E-state index contributed by atoms with van der Waals surface area (Å²) in [4.78, 5) is 22.7. The molecule has 0 radical (unpaired) electrons. The van der Waals surface area contributed by atoms with Crippen LogP contribution in [0.3, 0.4) is 0 Å². The molecule has 1 aliphatic heterocycles. The van der Waals surface area contributed by atoms with Crippen molar-refractivity contribution in [3.63, 3.8) is 0 Å². The van der Waals surface area contributed by atoms with E-state index in [1.165, 1.54) is 0 Å². The first-order valence-electron chi connectivity index (χ1n) is 8.00. The lowest BCUT2D eigenvalue weighted by molar-refractivity contribution is 0.00578. The molecule has 6 heteroatoms. The van der Waals surface area contributed by atoms with Gasteiger partial charge in [0.05, 0.1) is 11.2 Å². The molecule has 1 fully saturated rings. The fraction of sp³-hybridized carbons (Fsp3) is 0.444. The van der Waals surface area contributed by atoms with Crippen LogP contribution in [0.4, 0.5) is 0 Å². The van der Waals surface area contributed by atoms with Gasteiger partial charge >= 0.3 is 7.12 Å². The normalized spacial score (nSPS) is 19.4. The third-order valence-electron chi connectivity index (χ3n) is 4.69. The van der Waals surface area contributed by atoms with Gasteiger partial charge in [0.1, 0.15) is 0 Å². The van der Waals surface area contributed by atoms with Crippen LogP contribution < -0.4 is 5.32 Å². The molecule has 1 saturated heterocycles. The minimum Gasteiger partial charge on any atom is -0.400 e. The van der Waals surface area contributed by atoms with Gasteiger partial charge in [-0.1, -0.05) is 24.3 Å². The van der Waals surface area contributed by atoms with Gasteiger partial charge < -0.3 is 14.6 Å². The number of benzene rings is 1. The van der Waals surface area contributed by atoms with Gasteiger partial charge in [0.2, 0.25) is 0 Å². The van der Waals surface area contributed by atoms with Gasteiger partial charge in [0, 0.05) is 17.7 Å². The average molecular weight is 329 g/mol. The van der Waals surface area contributed by atoms with Crippen LogP contribution >= 0.6 is 0 Å². The number of rotatable bonds is 6. The second-order valence-corrected chi connectivity index (χ2v) is 6.92. The Hall–Kier alpha value is -1.76. The SMILES string of the molecule is CNCC(=Cc1c(C=O)cccc1C=O)B1OC(C)(C)C(C)(C)O1. The summed E-state index contributed by atoms with van der Waals surface area (Å²) in [6.07, 6.45) is 3.31. The van der Waals surface area contributed by atoms with E-state index < -0.39 is 18.3 Å². The van der Waals surface area contributed by atoms with Crippen molar-refractivity contribution in [2.45, 2.75) is 38.9 Å². The predicted octanol–water partition coefficient (Wildman–Crippen LogP) is 2.55. The molecule has 1 aromatic carbocycles. The Labute approximate surface area is 143 Å². The van der Waals surface area contributed by atoms with Crippen molar-refractivity contribution in [3.05, 3.63) is 40.4 Å². The van der Waals surface area contributed by atoms with Crippen LogP contribution in [0.25, 0.3) is 6.08 Å². The van der Waals surface area contributed by atoms with Crippen LogP contribution in [0.5, 0.6) is 0 Å². The molecule has 1 aliphatic rings. The molecule has 0 unspecified atom stereocenters. The maximum absolute atomic E-state index is 11.3. The zero-order valence-corrected chi connectivity index (χ0v) is 14.9. The summed E-state index contributed by atoms with van der Waals surface area (Å²) in [7, 11) is 1.28. The molecular formula is C18H24BNO4. The van der Waals surface area contributed by atoms with Gasteiger partial charge in [-0.15, -0.1) is 0 Å². The van der Waals surface area contributed by atoms with E-state index in [2.05, 4.69) is 5.32 Å². The zero-order chi connectivity index (χ0) is 18.0. The Balaban J connectivity index is 2.48. The highest BCUT2D eigenvalue weighted by Crippen LogP contribution is 2.38. The van der Waals surface area contributed by atoms with Crippen LogP contribution in [-0.2, 0) is 9.31 Å². The number of likely N-dealkylation sites (N-methyl/N-ethyl adjacent to an activating group) is 1. The Morgan fingerprint density at radius 3 is 2.00 bits per heavy atom. The Kier molecular flexibility index (Phi) is 5.43. The number of hydrogen-bond acceptors (Lipinski definition) is 5. The largest absolute Gasteiger partial charge is 0.491 e. The number of carbonyl (C=O) groups is 2. The van der Waals surface area contributed by atoms with Crippen molar-refractivity contribution >= 4 is 25.8 Å². The lowest BCUT2D eigenvalue weighted by Gasteiger charge is -2.32. The van der Waals surface area contributed by atoms with Crippen molar-refractivity contribution in [2.24, 2.45) is 0 Å². The monoisotopic (exact) mass is 329 g/mol. The van der Waals surface area contributed by atoms with Crippen LogP contribution in [0.15, 0.2) is 23.7 Å². The summed E-state index contributed by atoms with van der Waals surface area (Å²) in [6, 6.07) is 5.07. The Morgan fingerprint density at radius 2 is 1.58 bits per heavy atom. The molecule has 0 amide bonds. The minimum absolute atomic E-state index is 0.456. The third-order valence-corrected chi connectivity index (χ3v) is 4.69. The maximum atomic E-state index is 11.3. The van der Waals surface area contributed by atoms with E-state index >= 15 is 0 Å². The lowest BCUT2D eigenvalue weighted by Crippen LogP contribution is -2.41. The average Bonchev–Trinajstić information content (AvgIpc) is 2.75. The van der Waals surface area contributed by atoms with E-state index in [9.17, 15) is 9.59 Å². The number of carbonyl (C=O) groups excluding carboxylic acids is 2. The highest BCUT2D eigenvalue weighted by atomic mass is 16.7. The van der Waals surface area contributed by atoms with E-state index in [4.69, 9.17) is 9.31 Å². The topological polar surface area (TPSA) is 64.6 Å². The van der Waals surface area contributed by atoms with Crippen molar-refractivity contribution < 1.29 is 18.9 Å².